The first-order chi connectivity index (χ1) is 8.95. The van der Waals surface area contributed by atoms with Crippen molar-refractivity contribution >= 4 is 5.78 Å². The Kier molecular flexibility index (Phi) is 4.38. The maximum absolute atomic E-state index is 12.4. The number of carbonyl (C=O) groups is 1. The quantitative estimate of drug-likeness (QED) is 0.783. The van der Waals surface area contributed by atoms with Crippen LogP contribution in [0.5, 0.6) is 0 Å². The van der Waals surface area contributed by atoms with E-state index in [-0.39, 0.29) is 18.0 Å². The normalized spacial score (nSPS) is 24.4. The van der Waals surface area contributed by atoms with Gasteiger partial charge in [0.2, 0.25) is 0 Å². The topological polar surface area (TPSA) is 29.5 Å². The molecule has 0 amide bonds. The Morgan fingerprint density at radius 2 is 1.89 bits per heavy atom. The maximum Gasteiger partial charge on any atom is 0.177 e. The number of morpholine rings is 1. The fourth-order valence-electron chi connectivity index (χ4n) is 2.74. The molecule has 1 aliphatic heterocycles. The Hall–Kier alpha value is -1.19. The summed E-state index contributed by atoms with van der Waals surface area (Å²) in [6, 6.07) is 6.06. The lowest BCUT2D eigenvalue weighted by atomic mass is 10.0. The highest BCUT2D eigenvalue weighted by atomic mass is 16.5. The molecule has 1 fully saturated rings. The van der Waals surface area contributed by atoms with Gasteiger partial charge in [-0.3, -0.25) is 9.69 Å². The molecule has 0 N–H and O–H groups in total. The van der Waals surface area contributed by atoms with Crippen LogP contribution in [0.25, 0.3) is 0 Å². The molecule has 1 aromatic rings. The first kappa shape index (κ1) is 14.2. The highest BCUT2D eigenvalue weighted by Crippen LogP contribution is 2.15. The molecule has 0 aromatic heterocycles. The Balaban J connectivity index is 2.06. The minimum absolute atomic E-state index is 0.204. The van der Waals surface area contributed by atoms with E-state index in [2.05, 4.69) is 18.7 Å². The monoisotopic (exact) mass is 261 g/mol. The molecular formula is C16H23NO2. The van der Waals surface area contributed by atoms with E-state index >= 15 is 0 Å². The van der Waals surface area contributed by atoms with Crippen LogP contribution in [-0.2, 0) is 4.74 Å². The zero-order valence-corrected chi connectivity index (χ0v) is 12.3. The van der Waals surface area contributed by atoms with E-state index in [0.717, 1.165) is 29.8 Å². The summed E-state index contributed by atoms with van der Waals surface area (Å²) in [6.07, 6.45) is 0.408. The standard InChI is InChI=1S/C16H23NO2/c1-11-5-6-12(2)15(7-11)16(18)10-17-8-13(3)19-14(4)9-17/h5-7,13-14H,8-10H2,1-4H3. The first-order valence-corrected chi connectivity index (χ1v) is 6.94. The Bertz CT molecular complexity index is 460. The number of aryl methyl sites for hydroxylation is 2. The number of ketones is 1. The third-order valence-electron chi connectivity index (χ3n) is 3.56. The van der Waals surface area contributed by atoms with Crippen molar-refractivity contribution in [1.82, 2.24) is 4.90 Å². The number of Topliss-reactive ketones (excluding diaryl/α,β-unsaturated/α-hetero) is 1. The molecule has 0 aliphatic carbocycles. The van der Waals surface area contributed by atoms with E-state index in [1.165, 1.54) is 0 Å². The second-order valence-corrected chi connectivity index (χ2v) is 5.69. The number of nitrogens with zero attached hydrogens (tertiary/aromatic N) is 1. The van der Waals surface area contributed by atoms with Crippen LogP contribution in [0.15, 0.2) is 18.2 Å². The lowest BCUT2D eigenvalue weighted by Crippen LogP contribution is -2.47. The molecule has 3 nitrogen and oxygen atoms in total. The van der Waals surface area contributed by atoms with Crippen molar-refractivity contribution in [2.24, 2.45) is 0 Å². The van der Waals surface area contributed by atoms with E-state index < -0.39 is 0 Å². The molecule has 104 valence electrons. The zero-order chi connectivity index (χ0) is 14.0. The van der Waals surface area contributed by atoms with Crippen LogP contribution in [0.2, 0.25) is 0 Å². The molecule has 19 heavy (non-hydrogen) atoms. The highest BCUT2D eigenvalue weighted by molar-refractivity contribution is 5.99. The summed E-state index contributed by atoms with van der Waals surface area (Å²) in [5, 5.41) is 0. The molecule has 0 spiro atoms. The third kappa shape index (κ3) is 3.64. The fourth-order valence-corrected chi connectivity index (χ4v) is 2.74. The van der Waals surface area contributed by atoms with Gasteiger partial charge in [-0.05, 0) is 39.3 Å². The van der Waals surface area contributed by atoms with Crippen LogP contribution in [-0.4, -0.2) is 42.5 Å². The second kappa shape index (κ2) is 5.85. The van der Waals surface area contributed by atoms with Gasteiger partial charge in [0.1, 0.15) is 0 Å². The SMILES string of the molecule is Cc1ccc(C)c(C(=O)CN2CC(C)OC(C)C2)c1. The second-order valence-electron chi connectivity index (χ2n) is 5.69. The van der Waals surface area contributed by atoms with Crippen LogP contribution < -0.4 is 0 Å². The van der Waals surface area contributed by atoms with Gasteiger partial charge in [-0.25, -0.2) is 0 Å². The number of hydrogen-bond acceptors (Lipinski definition) is 3. The summed E-state index contributed by atoms with van der Waals surface area (Å²) in [7, 11) is 0. The predicted octanol–water partition coefficient (Wildman–Crippen LogP) is 2.60. The van der Waals surface area contributed by atoms with Gasteiger partial charge < -0.3 is 4.74 Å². The summed E-state index contributed by atoms with van der Waals surface area (Å²) in [5.74, 6) is 0.211. The third-order valence-corrected chi connectivity index (χ3v) is 3.56. The molecule has 3 heteroatoms. The molecule has 1 heterocycles. The molecular weight excluding hydrogens is 238 g/mol. The van der Waals surface area contributed by atoms with Crippen LogP contribution >= 0.6 is 0 Å². The Labute approximate surface area is 115 Å². The Morgan fingerprint density at radius 3 is 2.53 bits per heavy atom. The minimum Gasteiger partial charge on any atom is -0.373 e. The van der Waals surface area contributed by atoms with Gasteiger partial charge in [0.05, 0.1) is 18.8 Å². The van der Waals surface area contributed by atoms with Crippen LogP contribution in [0, 0.1) is 13.8 Å². The van der Waals surface area contributed by atoms with Crippen LogP contribution in [0.3, 0.4) is 0 Å². The van der Waals surface area contributed by atoms with Crippen molar-refractivity contribution in [2.75, 3.05) is 19.6 Å². The molecule has 0 bridgehead atoms. The van der Waals surface area contributed by atoms with Crippen molar-refractivity contribution in [3.05, 3.63) is 34.9 Å². The first-order valence-electron chi connectivity index (χ1n) is 6.94. The van der Waals surface area contributed by atoms with Gasteiger partial charge in [-0.15, -0.1) is 0 Å². The van der Waals surface area contributed by atoms with E-state index in [9.17, 15) is 4.79 Å². The molecule has 0 radical (unpaired) electrons. The van der Waals surface area contributed by atoms with Gasteiger partial charge in [0, 0.05) is 18.7 Å². The van der Waals surface area contributed by atoms with Crippen LogP contribution in [0.4, 0.5) is 0 Å². The van der Waals surface area contributed by atoms with Gasteiger partial charge in [-0.1, -0.05) is 17.7 Å². The molecule has 0 saturated carbocycles. The van der Waals surface area contributed by atoms with Gasteiger partial charge in [0.15, 0.2) is 5.78 Å². The van der Waals surface area contributed by atoms with Gasteiger partial charge in [-0.2, -0.15) is 0 Å². The van der Waals surface area contributed by atoms with Crippen molar-refractivity contribution < 1.29 is 9.53 Å². The number of hydrogen-bond donors (Lipinski definition) is 0. The van der Waals surface area contributed by atoms with Gasteiger partial charge in [0.25, 0.3) is 0 Å². The average molecular weight is 261 g/mol. The van der Waals surface area contributed by atoms with Crippen molar-refractivity contribution in [1.29, 1.82) is 0 Å². The summed E-state index contributed by atoms with van der Waals surface area (Å²) >= 11 is 0. The molecule has 2 unspecified atom stereocenters. The minimum atomic E-state index is 0.204. The number of ether oxygens (including phenoxy) is 1. The van der Waals surface area contributed by atoms with Gasteiger partial charge >= 0.3 is 0 Å². The average Bonchev–Trinajstić information content (AvgIpc) is 2.30. The Morgan fingerprint density at radius 1 is 1.26 bits per heavy atom. The molecule has 2 atom stereocenters. The summed E-state index contributed by atoms with van der Waals surface area (Å²) in [4.78, 5) is 14.6. The van der Waals surface area contributed by atoms with E-state index in [1.54, 1.807) is 0 Å². The summed E-state index contributed by atoms with van der Waals surface area (Å²) in [5.41, 5.74) is 3.05. The number of rotatable bonds is 3. The predicted molar refractivity (Wildman–Crippen MR) is 76.7 cm³/mol. The number of benzene rings is 1. The molecule has 1 aliphatic rings. The number of carbonyl (C=O) groups excluding carboxylic acids is 1. The maximum atomic E-state index is 12.4. The smallest absolute Gasteiger partial charge is 0.177 e. The van der Waals surface area contributed by atoms with E-state index in [1.807, 2.05) is 32.0 Å². The lowest BCUT2D eigenvalue weighted by molar-refractivity contribution is -0.0652. The van der Waals surface area contributed by atoms with Crippen molar-refractivity contribution in [3.63, 3.8) is 0 Å². The van der Waals surface area contributed by atoms with E-state index in [4.69, 9.17) is 4.74 Å². The largest absolute Gasteiger partial charge is 0.373 e. The summed E-state index contributed by atoms with van der Waals surface area (Å²) in [6.45, 7) is 10.3. The highest BCUT2D eigenvalue weighted by Gasteiger charge is 2.24. The van der Waals surface area contributed by atoms with Crippen molar-refractivity contribution in [2.45, 2.75) is 39.9 Å². The van der Waals surface area contributed by atoms with Crippen molar-refractivity contribution in [3.8, 4) is 0 Å². The molecule has 1 saturated heterocycles. The lowest BCUT2D eigenvalue weighted by Gasteiger charge is -2.34. The van der Waals surface area contributed by atoms with Crippen LogP contribution in [0.1, 0.15) is 35.3 Å². The van der Waals surface area contributed by atoms with E-state index in [0.29, 0.717) is 6.54 Å². The molecule has 1 aromatic carbocycles. The fraction of sp³-hybridized carbons (Fsp3) is 0.562. The summed E-state index contributed by atoms with van der Waals surface area (Å²) < 4.78 is 5.69. The molecule has 2 rings (SSSR count). The zero-order valence-electron chi connectivity index (χ0n) is 12.3.